The van der Waals surface area contributed by atoms with Crippen molar-refractivity contribution in [3.05, 3.63) is 23.8 Å². The maximum Gasteiger partial charge on any atom is 0.513 e. The van der Waals surface area contributed by atoms with Crippen molar-refractivity contribution < 1.29 is 47.6 Å². The maximum absolute atomic E-state index is 12.5. The average Bonchev–Trinajstić information content (AvgIpc) is 2.74. The molecule has 0 amide bonds. The van der Waals surface area contributed by atoms with Gasteiger partial charge in [-0.05, 0) is 38.5 Å². The summed E-state index contributed by atoms with van der Waals surface area (Å²) in [7, 11) is 1.19. The topological polar surface area (TPSA) is 150 Å². The van der Waals surface area contributed by atoms with Crippen molar-refractivity contribution >= 4 is 24.2 Å². The third-order valence-corrected chi connectivity index (χ3v) is 4.47. The number of hydrogen-bond donors (Lipinski definition) is 1. The molecule has 34 heavy (non-hydrogen) atoms. The van der Waals surface area contributed by atoms with Crippen LogP contribution in [0.3, 0.4) is 0 Å². The predicted octanol–water partition coefficient (Wildman–Crippen LogP) is 3.15. The Bertz CT molecular complexity index is 869. The van der Waals surface area contributed by atoms with Crippen molar-refractivity contribution in [2.24, 2.45) is 11.7 Å². The third-order valence-electron chi connectivity index (χ3n) is 4.47. The molecule has 0 heterocycles. The highest BCUT2D eigenvalue weighted by molar-refractivity contribution is 5.81. The number of benzene rings is 1. The number of esters is 2. The summed E-state index contributed by atoms with van der Waals surface area (Å²) < 4.78 is 30.0. The summed E-state index contributed by atoms with van der Waals surface area (Å²) in [6, 6.07) is 4.27. The lowest BCUT2D eigenvalue weighted by Gasteiger charge is -2.29. The smallest absolute Gasteiger partial charge is 0.468 e. The average molecular weight is 484 g/mol. The Labute approximate surface area is 198 Å². The van der Waals surface area contributed by atoms with Crippen LogP contribution in [0.2, 0.25) is 0 Å². The molecule has 1 unspecified atom stereocenters. The molecule has 190 valence electrons. The van der Waals surface area contributed by atoms with Crippen molar-refractivity contribution in [3.8, 4) is 11.5 Å². The highest BCUT2D eigenvalue weighted by Gasteiger charge is 2.38. The standard InChI is InChI=1S/C23H33NO10/c1-7-30-21(27)33-17-10-9-16(11-18(17)34-22(28)31-8-2)13-23(24,20(26)29-6)12-15(5)32-19(25)14(3)4/h9-11,14-15H,7-8,12-13,24H2,1-6H3/t15?,23-/m1/s1. The van der Waals surface area contributed by atoms with E-state index in [2.05, 4.69) is 0 Å². The van der Waals surface area contributed by atoms with Gasteiger partial charge in [0.25, 0.3) is 0 Å². The largest absolute Gasteiger partial charge is 0.513 e. The molecular weight excluding hydrogens is 450 g/mol. The van der Waals surface area contributed by atoms with Gasteiger partial charge in [-0.2, -0.15) is 0 Å². The van der Waals surface area contributed by atoms with E-state index < -0.39 is 35.9 Å². The summed E-state index contributed by atoms with van der Waals surface area (Å²) in [5, 5.41) is 0. The molecular formula is C23H33NO10. The molecule has 0 radical (unpaired) electrons. The lowest BCUT2D eigenvalue weighted by molar-refractivity contribution is -0.157. The molecule has 1 aromatic rings. The van der Waals surface area contributed by atoms with Crippen LogP contribution < -0.4 is 15.2 Å². The first-order valence-corrected chi connectivity index (χ1v) is 10.9. The fourth-order valence-corrected chi connectivity index (χ4v) is 2.98. The van der Waals surface area contributed by atoms with Gasteiger partial charge in [0, 0.05) is 12.8 Å². The molecule has 2 atom stereocenters. The molecule has 0 aliphatic carbocycles. The molecule has 1 rings (SSSR count). The number of carbonyl (C=O) groups is 4. The zero-order valence-electron chi connectivity index (χ0n) is 20.4. The van der Waals surface area contributed by atoms with Crippen LogP contribution in [-0.4, -0.2) is 56.2 Å². The number of ether oxygens (including phenoxy) is 6. The van der Waals surface area contributed by atoms with Crippen LogP contribution in [0.15, 0.2) is 18.2 Å². The normalized spacial score (nSPS) is 13.3. The van der Waals surface area contributed by atoms with Gasteiger partial charge in [-0.1, -0.05) is 19.9 Å². The van der Waals surface area contributed by atoms with Crippen LogP contribution in [0.4, 0.5) is 9.59 Å². The number of carbonyl (C=O) groups excluding carboxylic acids is 4. The second-order valence-corrected chi connectivity index (χ2v) is 7.78. The van der Waals surface area contributed by atoms with Gasteiger partial charge < -0.3 is 34.2 Å². The van der Waals surface area contributed by atoms with E-state index in [-0.39, 0.29) is 43.5 Å². The van der Waals surface area contributed by atoms with Crippen molar-refractivity contribution in [2.45, 2.75) is 59.1 Å². The maximum atomic E-state index is 12.5. The molecule has 0 bridgehead atoms. The minimum atomic E-state index is -1.57. The van der Waals surface area contributed by atoms with E-state index >= 15 is 0 Å². The number of methoxy groups -OCH3 is 1. The fraction of sp³-hybridized carbons (Fsp3) is 0.565. The van der Waals surface area contributed by atoms with E-state index in [1.807, 2.05) is 0 Å². The fourth-order valence-electron chi connectivity index (χ4n) is 2.98. The second kappa shape index (κ2) is 13.4. The monoisotopic (exact) mass is 483 g/mol. The molecule has 0 saturated carbocycles. The van der Waals surface area contributed by atoms with E-state index in [0.717, 1.165) is 0 Å². The molecule has 1 aromatic carbocycles. The van der Waals surface area contributed by atoms with Crippen LogP contribution in [0, 0.1) is 5.92 Å². The van der Waals surface area contributed by atoms with Gasteiger partial charge in [-0.25, -0.2) is 9.59 Å². The van der Waals surface area contributed by atoms with E-state index in [0.29, 0.717) is 5.56 Å². The van der Waals surface area contributed by atoms with Gasteiger partial charge in [0.15, 0.2) is 11.5 Å². The molecule has 0 saturated heterocycles. The first kappa shape index (κ1) is 28.7. The Kier molecular flexibility index (Phi) is 11.3. The lowest BCUT2D eigenvalue weighted by atomic mass is 9.86. The minimum absolute atomic E-state index is 0.0344. The third kappa shape index (κ3) is 8.89. The van der Waals surface area contributed by atoms with Crippen LogP contribution in [0.5, 0.6) is 11.5 Å². The SMILES string of the molecule is CCOC(=O)Oc1ccc(C[C@](N)(CC(C)OC(=O)C(C)C)C(=O)OC)cc1OC(=O)OCC. The number of hydrogen-bond acceptors (Lipinski definition) is 11. The van der Waals surface area contributed by atoms with Crippen molar-refractivity contribution in [1.29, 1.82) is 0 Å². The lowest BCUT2D eigenvalue weighted by Crippen LogP contribution is -2.53. The predicted molar refractivity (Wildman–Crippen MR) is 119 cm³/mol. The Morgan fingerprint density at radius 2 is 1.50 bits per heavy atom. The molecule has 0 fully saturated rings. The van der Waals surface area contributed by atoms with E-state index in [1.54, 1.807) is 34.6 Å². The Hall–Kier alpha value is -3.34. The quantitative estimate of drug-likeness (QED) is 0.281. The molecule has 11 nitrogen and oxygen atoms in total. The molecule has 0 aliphatic rings. The van der Waals surface area contributed by atoms with Gasteiger partial charge >= 0.3 is 24.2 Å². The van der Waals surface area contributed by atoms with Crippen LogP contribution in [-0.2, 0) is 35.0 Å². The zero-order chi connectivity index (χ0) is 25.9. The molecule has 11 heteroatoms. The van der Waals surface area contributed by atoms with Crippen LogP contribution >= 0.6 is 0 Å². The van der Waals surface area contributed by atoms with Crippen molar-refractivity contribution in [3.63, 3.8) is 0 Å². The number of nitrogens with two attached hydrogens (primary N) is 1. The van der Waals surface area contributed by atoms with Crippen LogP contribution in [0.25, 0.3) is 0 Å². The second-order valence-electron chi connectivity index (χ2n) is 7.78. The van der Waals surface area contributed by atoms with Crippen LogP contribution in [0.1, 0.15) is 46.6 Å². The van der Waals surface area contributed by atoms with E-state index in [9.17, 15) is 19.2 Å². The first-order valence-electron chi connectivity index (χ1n) is 10.9. The van der Waals surface area contributed by atoms with Gasteiger partial charge in [0.1, 0.15) is 11.6 Å². The number of rotatable bonds is 11. The molecule has 2 N–H and O–H groups in total. The summed E-state index contributed by atoms with van der Waals surface area (Å²) in [4.78, 5) is 48.1. The molecule has 0 spiro atoms. The van der Waals surface area contributed by atoms with Gasteiger partial charge in [0.2, 0.25) is 0 Å². The zero-order valence-corrected chi connectivity index (χ0v) is 20.4. The summed E-state index contributed by atoms with van der Waals surface area (Å²) in [6.07, 6.45) is -2.79. The highest BCUT2D eigenvalue weighted by atomic mass is 16.7. The van der Waals surface area contributed by atoms with Gasteiger partial charge in [-0.3, -0.25) is 9.59 Å². The minimum Gasteiger partial charge on any atom is -0.468 e. The molecule has 0 aliphatic heterocycles. The van der Waals surface area contributed by atoms with E-state index in [4.69, 9.17) is 34.2 Å². The highest BCUT2D eigenvalue weighted by Crippen LogP contribution is 2.31. The van der Waals surface area contributed by atoms with Gasteiger partial charge in [0.05, 0.1) is 26.2 Å². The first-order chi connectivity index (χ1) is 15.9. The Morgan fingerprint density at radius 3 is 2.00 bits per heavy atom. The summed E-state index contributed by atoms with van der Waals surface area (Å²) in [5.41, 5.74) is 5.27. The van der Waals surface area contributed by atoms with Crippen molar-refractivity contribution in [1.82, 2.24) is 0 Å². The van der Waals surface area contributed by atoms with Gasteiger partial charge in [-0.15, -0.1) is 0 Å². The Balaban J connectivity index is 3.22. The van der Waals surface area contributed by atoms with E-state index in [1.165, 1.54) is 25.3 Å². The summed E-state index contributed by atoms with van der Waals surface area (Å²) in [5.74, 6) is -1.74. The Morgan fingerprint density at radius 1 is 0.941 bits per heavy atom. The molecule has 0 aromatic heterocycles. The summed E-state index contributed by atoms with van der Waals surface area (Å²) >= 11 is 0. The summed E-state index contributed by atoms with van der Waals surface area (Å²) in [6.45, 7) is 8.35. The van der Waals surface area contributed by atoms with Crippen molar-refractivity contribution in [2.75, 3.05) is 20.3 Å².